The number of halogens is 1. The molecular weight excluding hydrogens is 330 g/mol. The van der Waals surface area contributed by atoms with E-state index in [1.54, 1.807) is 35.7 Å². The van der Waals surface area contributed by atoms with E-state index in [1.807, 2.05) is 6.07 Å². The molecule has 0 saturated heterocycles. The minimum Gasteiger partial charge on any atom is -0.381 e. The third kappa shape index (κ3) is 3.95. The maximum absolute atomic E-state index is 11.9. The van der Waals surface area contributed by atoms with Gasteiger partial charge in [0.2, 0.25) is 10.0 Å². The Kier molecular flexibility index (Phi) is 5.20. The van der Waals surface area contributed by atoms with Gasteiger partial charge in [-0.3, -0.25) is 0 Å². The molecule has 0 aliphatic rings. The highest BCUT2D eigenvalue weighted by Crippen LogP contribution is 2.25. The summed E-state index contributed by atoms with van der Waals surface area (Å²) in [5.41, 5.74) is 0.931. The zero-order valence-electron chi connectivity index (χ0n) is 10.8. The van der Waals surface area contributed by atoms with Crippen LogP contribution in [-0.2, 0) is 10.0 Å². The molecule has 8 heteroatoms. The zero-order valence-corrected chi connectivity index (χ0v) is 13.2. The molecule has 0 saturated carbocycles. The first kappa shape index (κ1) is 15.8. The van der Waals surface area contributed by atoms with Gasteiger partial charge in [0, 0.05) is 13.1 Å². The highest BCUT2D eigenvalue weighted by Gasteiger charge is 2.14. The number of anilines is 1. The summed E-state index contributed by atoms with van der Waals surface area (Å²) in [4.78, 5) is 0. The fraction of sp³-hybridized carbons (Fsp3) is 0.154. The van der Waals surface area contributed by atoms with Crippen molar-refractivity contribution in [2.24, 2.45) is 0 Å². The molecule has 0 radical (unpaired) electrons. The standard InChI is InChI=1S/C13H12ClN3O2S2/c14-11-4-1-3-10(9-15)13(11)16-6-7-17-21(18,19)12-5-2-8-20-12/h1-5,8,16-17H,6-7H2. The first-order valence-corrected chi connectivity index (χ1v) is 8.74. The van der Waals surface area contributed by atoms with Crippen molar-refractivity contribution in [3.63, 3.8) is 0 Å². The lowest BCUT2D eigenvalue weighted by molar-refractivity contribution is 0.585. The number of hydrogen-bond acceptors (Lipinski definition) is 5. The van der Waals surface area contributed by atoms with Gasteiger partial charge in [0.25, 0.3) is 0 Å². The monoisotopic (exact) mass is 341 g/mol. The first-order chi connectivity index (χ1) is 10.0. The van der Waals surface area contributed by atoms with Crippen molar-refractivity contribution in [2.45, 2.75) is 4.21 Å². The Morgan fingerprint density at radius 2 is 2.05 bits per heavy atom. The third-order valence-electron chi connectivity index (χ3n) is 2.61. The fourth-order valence-electron chi connectivity index (χ4n) is 1.66. The van der Waals surface area contributed by atoms with Gasteiger partial charge in [0.05, 0.1) is 16.3 Å². The lowest BCUT2D eigenvalue weighted by Gasteiger charge is -2.10. The van der Waals surface area contributed by atoms with E-state index < -0.39 is 10.0 Å². The van der Waals surface area contributed by atoms with Crippen LogP contribution in [0.15, 0.2) is 39.9 Å². The summed E-state index contributed by atoms with van der Waals surface area (Å²) in [6.45, 7) is 0.513. The number of nitrogens with zero attached hydrogens (tertiary/aromatic N) is 1. The minimum atomic E-state index is -3.47. The predicted octanol–water partition coefficient (Wildman–Crippen LogP) is 2.66. The van der Waals surface area contributed by atoms with Crippen LogP contribution in [0.1, 0.15) is 5.56 Å². The molecule has 1 aromatic carbocycles. The fourth-order valence-corrected chi connectivity index (χ4v) is 3.97. The normalized spacial score (nSPS) is 11.0. The Bertz CT molecular complexity index is 752. The van der Waals surface area contributed by atoms with Crippen molar-refractivity contribution >= 4 is 38.6 Å². The molecule has 0 atom stereocenters. The molecule has 2 N–H and O–H groups in total. The van der Waals surface area contributed by atoms with Crippen LogP contribution in [0.4, 0.5) is 5.69 Å². The minimum absolute atomic E-state index is 0.191. The molecule has 110 valence electrons. The van der Waals surface area contributed by atoms with Crippen molar-refractivity contribution in [3.05, 3.63) is 46.3 Å². The van der Waals surface area contributed by atoms with Crippen LogP contribution in [0.2, 0.25) is 5.02 Å². The van der Waals surface area contributed by atoms with Crippen LogP contribution in [0.5, 0.6) is 0 Å². The van der Waals surface area contributed by atoms with Crippen LogP contribution in [0.3, 0.4) is 0 Å². The Hall–Kier alpha value is -1.59. The third-order valence-corrected chi connectivity index (χ3v) is 5.79. The van der Waals surface area contributed by atoms with E-state index in [-0.39, 0.29) is 10.8 Å². The summed E-state index contributed by atoms with van der Waals surface area (Å²) < 4.78 is 26.5. The number of benzene rings is 1. The molecule has 1 aromatic heterocycles. The number of rotatable bonds is 6. The molecule has 2 rings (SSSR count). The summed E-state index contributed by atoms with van der Waals surface area (Å²) in [5, 5.41) is 14.1. The average Bonchev–Trinajstić information content (AvgIpc) is 2.99. The Labute approximate surface area is 132 Å². The quantitative estimate of drug-likeness (QED) is 0.791. The number of nitriles is 1. The second-order valence-corrected chi connectivity index (χ2v) is 7.38. The first-order valence-electron chi connectivity index (χ1n) is 6.00. The lowest BCUT2D eigenvalue weighted by Crippen LogP contribution is -2.28. The molecular formula is C13H12ClN3O2S2. The van der Waals surface area contributed by atoms with Gasteiger partial charge >= 0.3 is 0 Å². The topological polar surface area (TPSA) is 82.0 Å². The summed E-state index contributed by atoms with van der Waals surface area (Å²) in [6.07, 6.45) is 0. The molecule has 2 aromatic rings. The molecule has 0 spiro atoms. The highest BCUT2D eigenvalue weighted by atomic mass is 35.5. The number of sulfonamides is 1. The number of hydrogen-bond donors (Lipinski definition) is 2. The molecule has 0 aliphatic carbocycles. The smallest absolute Gasteiger partial charge is 0.250 e. The van der Waals surface area contributed by atoms with Gasteiger partial charge in [-0.15, -0.1) is 11.3 Å². The molecule has 0 aliphatic heterocycles. The van der Waals surface area contributed by atoms with E-state index in [0.29, 0.717) is 22.8 Å². The van der Waals surface area contributed by atoms with Gasteiger partial charge in [0.1, 0.15) is 10.3 Å². The van der Waals surface area contributed by atoms with Crippen LogP contribution < -0.4 is 10.0 Å². The zero-order chi connectivity index (χ0) is 15.3. The molecule has 1 heterocycles. The summed E-state index contributed by atoms with van der Waals surface area (Å²) >= 11 is 7.17. The van der Waals surface area contributed by atoms with E-state index in [9.17, 15) is 8.42 Å². The molecule has 0 unspecified atom stereocenters. The highest BCUT2D eigenvalue weighted by molar-refractivity contribution is 7.91. The van der Waals surface area contributed by atoms with Crippen molar-refractivity contribution < 1.29 is 8.42 Å². The lowest BCUT2D eigenvalue weighted by atomic mass is 10.2. The van der Waals surface area contributed by atoms with Gasteiger partial charge in [-0.05, 0) is 23.6 Å². The van der Waals surface area contributed by atoms with Crippen LogP contribution in [0.25, 0.3) is 0 Å². The largest absolute Gasteiger partial charge is 0.381 e. The van der Waals surface area contributed by atoms with Gasteiger partial charge in [-0.2, -0.15) is 5.26 Å². The van der Waals surface area contributed by atoms with Crippen molar-refractivity contribution in [1.29, 1.82) is 5.26 Å². The number of para-hydroxylation sites is 1. The number of nitrogens with one attached hydrogen (secondary N) is 2. The molecule has 0 amide bonds. The summed E-state index contributed by atoms with van der Waals surface area (Å²) in [6, 6.07) is 10.3. The summed E-state index contributed by atoms with van der Waals surface area (Å²) in [5.74, 6) is 0. The van der Waals surface area contributed by atoms with E-state index in [1.165, 1.54) is 0 Å². The molecule has 5 nitrogen and oxygen atoms in total. The average molecular weight is 342 g/mol. The van der Waals surface area contributed by atoms with Gasteiger partial charge in [-0.1, -0.05) is 23.7 Å². The van der Waals surface area contributed by atoms with Crippen LogP contribution in [-0.4, -0.2) is 21.5 Å². The van der Waals surface area contributed by atoms with Crippen molar-refractivity contribution in [3.8, 4) is 6.07 Å². The van der Waals surface area contributed by atoms with Gasteiger partial charge < -0.3 is 5.32 Å². The molecule has 0 fully saturated rings. The van der Waals surface area contributed by atoms with E-state index in [2.05, 4.69) is 10.0 Å². The van der Waals surface area contributed by atoms with E-state index in [0.717, 1.165) is 11.3 Å². The maximum atomic E-state index is 11.9. The second kappa shape index (κ2) is 6.91. The Morgan fingerprint density at radius 3 is 2.71 bits per heavy atom. The van der Waals surface area contributed by atoms with Gasteiger partial charge in [0.15, 0.2) is 0 Å². The summed E-state index contributed by atoms with van der Waals surface area (Å²) in [7, 11) is -3.47. The second-order valence-electron chi connectivity index (χ2n) is 4.03. The Morgan fingerprint density at radius 1 is 1.24 bits per heavy atom. The van der Waals surface area contributed by atoms with Crippen molar-refractivity contribution in [1.82, 2.24) is 4.72 Å². The number of thiophene rings is 1. The predicted molar refractivity (Wildman–Crippen MR) is 84.2 cm³/mol. The maximum Gasteiger partial charge on any atom is 0.250 e. The Balaban J connectivity index is 1.93. The van der Waals surface area contributed by atoms with E-state index >= 15 is 0 Å². The van der Waals surface area contributed by atoms with E-state index in [4.69, 9.17) is 16.9 Å². The van der Waals surface area contributed by atoms with Gasteiger partial charge in [-0.25, -0.2) is 13.1 Å². The SMILES string of the molecule is N#Cc1cccc(Cl)c1NCCNS(=O)(=O)c1cccs1. The molecule has 21 heavy (non-hydrogen) atoms. The molecule has 0 bridgehead atoms. The van der Waals surface area contributed by atoms with Crippen LogP contribution in [0, 0.1) is 11.3 Å². The van der Waals surface area contributed by atoms with Crippen molar-refractivity contribution in [2.75, 3.05) is 18.4 Å². The van der Waals surface area contributed by atoms with Crippen LogP contribution >= 0.6 is 22.9 Å².